The second-order valence-corrected chi connectivity index (χ2v) is 4.03. The van der Waals surface area contributed by atoms with Crippen molar-refractivity contribution in [1.82, 2.24) is 5.43 Å². The third-order valence-electron chi connectivity index (χ3n) is 2.57. The molecule has 0 saturated carbocycles. The van der Waals surface area contributed by atoms with Crippen molar-refractivity contribution in [2.45, 2.75) is 0 Å². The summed E-state index contributed by atoms with van der Waals surface area (Å²) >= 11 is 0. The minimum absolute atomic E-state index is 0.0982. The van der Waals surface area contributed by atoms with Gasteiger partial charge in [0, 0.05) is 6.07 Å². The van der Waals surface area contributed by atoms with E-state index in [0.29, 0.717) is 5.56 Å². The van der Waals surface area contributed by atoms with E-state index in [2.05, 4.69) is 10.5 Å². The van der Waals surface area contributed by atoms with Crippen molar-refractivity contribution in [1.29, 1.82) is 0 Å². The van der Waals surface area contributed by atoms with E-state index in [-0.39, 0.29) is 11.3 Å². The molecule has 1 N–H and O–H groups in total. The van der Waals surface area contributed by atoms with Crippen LogP contribution in [0, 0.1) is 15.9 Å². The summed E-state index contributed by atoms with van der Waals surface area (Å²) in [4.78, 5) is 22.0. The van der Waals surface area contributed by atoms with Crippen molar-refractivity contribution >= 4 is 17.8 Å². The lowest BCUT2D eigenvalue weighted by Gasteiger charge is -2.01. The van der Waals surface area contributed by atoms with Gasteiger partial charge in [0.15, 0.2) is 0 Å². The molecule has 2 aromatic carbocycles. The molecule has 21 heavy (non-hydrogen) atoms. The summed E-state index contributed by atoms with van der Waals surface area (Å²) in [6.07, 6.45) is 1.25. The van der Waals surface area contributed by atoms with E-state index in [1.54, 1.807) is 6.07 Å². The van der Waals surface area contributed by atoms with Gasteiger partial charge in [0.25, 0.3) is 11.6 Å². The highest BCUT2D eigenvalue weighted by molar-refractivity contribution is 5.98. The molecule has 2 aromatic rings. The van der Waals surface area contributed by atoms with E-state index >= 15 is 0 Å². The first-order chi connectivity index (χ1) is 10.1. The van der Waals surface area contributed by atoms with Gasteiger partial charge in [0.2, 0.25) is 0 Å². The summed E-state index contributed by atoms with van der Waals surface area (Å²) < 4.78 is 12.9. The molecule has 6 nitrogen and oxygen atoms in total. The minimum atomic E-state index is -0.713. The number of nitro benzene ring substituents is 1. The Kier molecular flexibility index (Phi) is 4.35. The monoisotopic (exact) mass is 287 g/mol. The quantitative estimate of drug-likeness (QED) is 0.532. The highest BCUT2D eigenvalue weighted by Gasteiger charge is 2.18. The summed E-state index contributed by atoms with van der Waals surface area (Å²) in [6.45, 7) is 0. The molecule has 2 rings (SSSR count). The van der Waals surface area contributed by atoms with Crippen LogP contribution in [0.4, 0.5) is 10.1 Å². The summed E-state index contributed by atoms with van der Waals surface area (Å²) in [6, 6.07) is 11.1. The fraction of sp³-hybridized carbons (Fsp3) is 0. The van der Waals surface area contributed by atoms with Crippen molar-refractivity contribution in [3.63, 3.8) is 0 Å². The lowest BCUT2D eigenvalue weighted by Crippen LogP contribution is -2.18. The molecule has 1 amide bonds. The average molecular weight is 287 g/mol. The van der Waals surface area contributed by atoms with Gasteiger partial charge in [-0.1, -0.05) is 24.3 Å². The molecule has 0 unspecified atom stereocenters. The van der Waals surface area contributed by atoms with Crippen LogP contribution in [0.5, 0.6) is 0 Å². The van der Waals surface area contributed by atoms with Crippen molar-refractivity contribution in [2.75, 3.05) is 0 Å². The molecule has 0 aliphatic heterocycles. The Labute approximate surface area is 119 Å². The topological polar surface area (TPSA) is 84.6 Å². The van der Waals surface area contributed by atoms with Gasteiger partial charge in [-0.05, 0) is 23.8 Å². The number of carbonyl (C=O) groups is 1. The molecule has 0 aliphatic carbocycles. The van der Waals surface area contributed by atoms with Crippen LogP contribution in [-0.2, 0) is 0 Å². The number of benzene rings is 2. The lowest BCUT2D eigenvalue weighted by molar-refractivity contribution is -0.385. The Morgan fingerprint density at radius 1 is 1.24 bits per heavy atom. The number of halogens is 1. The first-order valence-electron chi connectivity index (χ1n) is 5.90. The molecule has 0 atom stereocenters. The number of hydrogen-bond donors (Lipinski definition) is 1. The van der Waals surface area contributed by atoms with E-state index in [4.69, 9.17) is 0 Å². The molecule has 0 radical (unpaired) electrons. The van der Waals surface area contributed by atoms with Crippen LogP contribution >= 0.6 is 0 Å². The van der Waals surface area contributed by atoms with Gasteiger partial charge in [-0.15, -0.1) is 0 Å². The predicted octanol–water partition coefficient (Wildman–Crippen LogP) is 2.50. The van der Waals surface area contributed by atoms with Crippen molar-refractivity contribution < 1.29 is 14.1 Å². The van der Waals surface area contributed by atoms with Gasteiger partial charge >= 0.3 is 0 Å². The average Bonchev–Trinajstić information content (AvgIpc) is 2.47. The zero-order valence-corrected chi connectivity index (χ0v) is 10.7. The Morgan fingerprint density at radius 2 is 2.00 bits per heavy atom. The number of nitrogens with zero attached hydrogens (tertiary/aromatic N) is 2. The van der Waals surface area contributed by atoms with Crippen LogP contribution < -0.4 is 5.43 Å². The van der Waals surface area contributed by atoms with E-state index in [0.717, 1.165) is 0 Å². The third-order valence-corrected chi connectivity index (χ3v) is 2.57. The fourth-order valence-electron chi connectivity index (χ4n) is 1.64. The first-order valence-corrected chi connectivity index (χ1v) is 5.90. The predicted molar refractivity (Wildman–Crippen MR) is 74.6 cm³/mol. The molecular weight excluding hydrogens is 277 g/mol. The largest absolute Gasteiger partial charge is 0.282 e. The SMILES string of the molecule is O=C(NN=Cc1cccc(F)c1)c1ccccc1[N+](=O)[O-]. The Morgan fingerprint density at radius 3 is 2.71 bits per heavy atom. The van der Waals surface area contributed by atoms with Gasteiger partial charge in [0.1, 0.15) is 11.4 Å². The molecule has 0 bridgehead atoms. The number of rotatable bonds is 4. The van der Waals surface area contributed by atoms with Crippen LogP contribution in [0.25, 0.3) is 0 Å². The number of nitro groups is 1. The summed E-state index contributed by atoms with van der Waals surface area (Å²) in [7, 11) is 0. The van der Waals surface area contributed by atoms with E-state index in [9.17, 15) is 19.3 Å². The van der Waals surface area contributed by atoms with Crippen LogP contribution in [0.1, 0.15) is 15.9 Å². The third kappa shape index (κ3) is 3.69. The smallest absolute Gasteiger partial charge is 0.267 e. The normalized spacial score (nSPS) is 10.5. The van der Waals surface area contributed by atoms with Gasteiger partial charge in [0.05, 0.1) is 11.1 Å². The maximum Gasteiger partial charge on any atom is 0.282 e. The van der Waals surface area contributed by atoms with E-state index in [1.807, 2.05) is 0 Å². The summed E-state index contributed by atoms with van der Waals surface area (Å²) in [5.74, 6) is -1.14. The number of carbonyl (C=O) groups excluding carboxylic acids is 1. The molecule has 0 fully saturated rings. The highest BCUT2D eigenvalue weighted by atomic mass is 19.1. The van der Waals surface area contributed by atoms with Crippen LogP contribution in [0.3, 0.4) is 0 Å². The Balaban J connectivity index is 2.11. The van der Waals surface area contributed by atoms with Crippen molar-refractivity contribution in [3.8, 4) is 0 Å². The number of nitrogens with one attached hydrogen (secondary N) is 1. The van der Waals surface area contributed by atoms with Gasteiger partial charge < -0.3 is 0 Å². The zero-order valence-electron chi connectivity index (χ0n) is 10.7. The van der Waals surface area contributed by atoms with Gasteiger partial charge in [-0.25, -0.2) is 9.82 Å². The second-order valence-electron chi connectivity index (χ2n) is 4.03. The number of hydrogen-bond acceptors (Lipinski definition) is 4. The molecule has 0 heterocycles. The first kappa shape index (κ1) is 14.3. The zero-order chi connectivity index (χ0) is 15.2. The highest BCUT2D eigenvalue weighted by Crippen LogP contribution is 2.17. The Bertz CT molecular complexity index is 716. The molecule has 0 saturated heterocycles. The minimum Gasteiger partial charge on any atom is -0.267 e. The van der Waals surface area contributed by atoms with Crippen LogP contribution in [0.15, 0.2) is 53.6 Å². The second kappa shape index (κ2) is 6.38. The van der Waals surface area contributed by atoms with Crippen molar-refractivity contribution in [3.05, 3.63) is 75.6 Å². The maximum absolute atomic E-state index is 12.9. The number of amides is 1. The van der Waals surface area contributed by atoms with Gasteiger partial charge in [-0.3, -0.25) is 14.9 Å². The number of hydrazone groups is 1. The number of para-hydroxylation sites is 1. The standard InChI is InChI=1S/C14H10FN3O3/c15-11-5-3-4-10(8-11)9-16-17-14(19)12-6-1-2-7-13(12)18(20)21/h1-9H,(H,17,19). The molecule has 0 spiro atoms. The van der Waals surface area contributed by atoms with Crippen LogP contribution in [0.2, 0.25) is 0 Å². The fourth-order valence-corrected chi connectivity index (χ4v) is 1.64. The summed E-state index contributed by atoms with van der Waals surface area (Å²) in [5, 5.41) is 14.5. The van der Waals surface area contributed by atoms with Gasteiger partial charge in [-0.2, -0.15) is 5.10 Å². The van der Waals surface area contributed by atoms with E-state index < -0.39 is 16.6 Å². The van der Waals surface area contributed by atoms with E-state index in [1.165, 1.54) is 48.7 Å². The Hall–Kier alpha value is -3.09. The van der Waals surface area contributed by atoms with Crippen LogP contribution in [-0.4, -0.2) is 17.0 Å². The molecule has 0 aromatic heterocycles. The molecular formula is C14H10FN3O3. The summed E-state index contributed by atoms with van der Waals surface area (Å²) in [5.41, 5.74) is 2.21. The molecule has 106 valence electrons. The molecule has 7 heteroatoms. The maximum atomic E-state index is 12.9. The lowest BCUT2D eigenvalue weighted by atomic mass is 10.2. The molecule has 0 aliphatic rings. The van der Waals surface area contributed by atoms with Crippen molar-refractivity contribution in [2.24, 2.45) is 5.10 Å².